The number of carbonyl (C=O) groups excluding carboxylic acids is 2. The Labute approximate surface area is 145 Å². The lowest BCUT2D eigenvalue weighted by Crippen LogP contribution is -2.37. The van der Waals surface area contributed by atoms with E-state index in [9.17, 15) is 9.59 Å². The van der Waals surface area contributed by atoms with E-state index in [1.807, 2.05) is 27.7 Å². The van der Waals surface area contributed by atoms with Crippen molar-refractivity contribution in [3.63, 3.8) is 0 Å². The molecule has 6 heteroatoms. The molecule has 24 heavy (non-hydrogen) atoms. The minimum atomic E-state index is -0.244. The van der Waals surface area contributed by atoms with Gasteiger partial charge < -0.3 is 14.6 Å². The van der Waals surface area contributed by atoms with E-state index >= 15 is 0 Å². The van der Waals surface area contributed by atoms with Gasteiger partial charge in [-0.1, -0.05) is 27.2 Å². The average Bonchev–Trinajstić information content (AvgIpc) is 3.05. The second-order valence-corrected chi connectivity index (χ2v) is 6.29. The minimum absolute atomic E-state index is 0.0879. The number of carbonyl (C=O) groups is 2. The van der Waals surface area contributed by atoms with Gasteiger partial charge in [-0.25, -0.2) is 4.98 Å². The molecule has 0 saturated heterocycles. The van der Waals surface area contributed by atoms with Gasteiger partial charge in [0.05, 0.1) is 6.54 Å². The molecule has 0 aliphatic heterocycles. The normalized spacial score (nSPS) is 13.4. The fraction of sp³-hybridized carbons (Fsp3) is 0.722. The van der Waals surface area contributed by atoms with E-state index in [1.165, 1.54) is 6.26 Å². The van der Waals surface area contributed by atoms with E-state index in [0.29, 0.717) is 18.9 Å². The largest absolute Gasteiger partial charge is 0.446 e. The molecule has 0 spiro atoms. The van der Waals surface area contributed by atoms with Crippen LogP contribution in [-0.4, -0.2) is 33.8 Å². The Balaban J connectivity index is 2.77. The van der Waals surface area contributed by atoms with E-state index in [1.54, 1.807) is 4.90 Å². The van der Waals surface area contributed by atoms with Crippen LogP contribution >= 0.6 is 0 Å². The molecule has 0 fully saturated rings. The van der Waals surface area contributed by atoms with E-state index in [0.717, 1.165) is 25.7 Å². The number of nitrogens with one attached hydrogen (secondary N) is 1. The molecule has 0 aliphatic rings. The van der Waals surface area contributed by atoms with Crippen LogP contribution in [0.5, 0.6) is 0 Å². The second-order valence-electron chi connectivity index (χ2n) is 6.29. The quantitative estimate of drug-likeness (QED) is 0.709. The van der Waals surface area contributed by atoms with E-state index < -0.39 is 0 Å². The van der Waals surface area contributed by atoms with Crippen LogP contribution in [0.1, 0.15) is 83.1 Å². The number of hydrogen-bond donors (Lipinski definition) is 1. The maximum absolute atomic E-state index is 12.4. The topological polar surface area (TPSA) is 75.4 Å². The summed E-state index contributed by atoms with van der Waals surface area (Å²) in [6.07, 6.45) is 5.46. The van der Waals surface area contributed by atoms with Gasteiger partial charge >= 0.3 is 0 Å². The molecule has 0 unspecified atom stereocenters. The molecule has 0 radical (unpaired) electrons. The molecule has 0 bridgehead atoms. The number of nitrogens with zero attached hydrogens (tertiary/aromatic N) is 2. The maximum atomic E-state index is 12.4. The highest BCUT2D eigenvalue weighted by molar-refractivity contribution is 5.92. The van der Waals surface area contributed by atoms with Crippen LogP contribution in [0.25, 0.3) is 0 Å². The summed E-state index contributed by atoms with van der Waals surface area (Å²) < 4.78 is 5.41. The van der Waals surface area contributed by atoms with Crippen LogP contribution in [0.15, 0.2) is 10.7 Å². The van der Waals surface area contributed by atoms with Gasteiger partial charge in [0.25, 0.3) is 5.91 Å². The molecular weight excluding hydrogens is 306 g/mol. The lowest BCUT2D eigenvalue weighted by molar-refractivity contribution is -0.134. The molecule has 2 atom stereocenters. The predicted octanol–water partition coefficient (Wildman–Crippen LogP) is 3.52. The van der Waals surface area contributed by atoms with Gasteiger partial charge in [0.15, 0.2) is 5.69 Å². The SMILES string of the molecule is CCCCC(=O)N(Cc1nc(C(=O)N[C@H](C)CC)co1)[C@@H](C)CC. The van der Waals surface area contributed by atoms with Gasteiger partial charge in [-0.2, -0.15) is 0 Å². The van der Waals surface area contributed by atoms with Gasteiger partial charge in [-0.15, -0.1) is 0 Å². The monoisotopic (exact) mass is 337 g/mol. The molecule has 1 aromatic heterocycles. The van der Waals surface area contributed by atoms with Gasteiger partial charge in [-0.05, 0) is 33.1 Å². The molecule has 1 aromatic rings. The summed E-state index contributed by atoms with van der Waals surface area (Å²) in [6.45, 7) is 10.4. The number of amides is 2. The van der Waals surface area contributed by atoms with Crippen LogP contribution in [0, 0.1) is 0 Å². The zero-order valence-electron chi connectivity index (χ0n) is 15.6. The lowest BCUT2D eigenvalue weighted by Gasteiger charge is -2.27. The zero-order chi connectivity index (χ0) is 18.1. The van der Waals surface area contributed by atoms with Gasteiger partial charge in [0.2, 0.25) is 11.8 Å². The zero-order valence-corrected chi connectivity index (χ0v) is 15.6. The van der Waals surface area contributed by atoms with Crippen molar-refractivity contribution >= 4 is 11.8 Å². The molecule has 1 rings (SSSR count). The van der Waals surface area contributed by atoms with Gasteiger partial charge in [0.1, 0.15) is 6.26 Å². The first kappa shape index (κ1) is 20.2. The number of hydrogen-bond acceptors (Lipinski definition) is 4. The van der Waals surface area contributed by atoms with Crippen LogP contribution in [-0.2, 0) is 11.3 Å². The van der Waals surface area contributed by atoms with Crippen LogP contribution < -0.4 is 5.32 Å². The highest BCUT2D eigenvalue weighted by atomic mass is 16.3. The first-order chi connectivity index (χ1) is 11.4. The number of oxazole rings is 1. The van der Waals surface area contributed by atoms with Crippen molar-refractivity contribution in [3.8, 4) is 0 Å². The summed E-state index contributed by atoms with van der Waals surface area (Å²) in [6, 6.07) is 0.198. The van der Waals surface area contributed by atoms with Crippen molar-refractivity contribution in [2.24, 2.45) is 0 Å². The molecule has 6 nitrogen and oxygen atoms in total. The van der Waals surface area contributed by atoms with E-state index in [4.69, 9.17) is 4.42 Å². The standard InChI is InChI=1S/C18H31N3O3/c1-6-9-10-17(22)21(14(5)8-3)11-16-20-15(12-24-16)18(23)19-13(4)7-2/h12-14H,6-11H2,1-5H3,(H,19,23)/t13-,14+/m1/s1. The summed E-state index contributed by atoms with van der Waals surface area (Å²) in [7, 11) is 0. The second kappa shape index (κ2) is 10.1. The molecule has 136 valence electrons. The van der Waals surface area contributed by atoms with E-state index in [-0.39, 0.29) is 29.6 Å². The first-order valence-corrected chi connectivity index (χ1v) is 8.97. The third kappa shape index (κ3) is 5.98. The summed E-state index contributed by atoms with van der Waals surface area (Å²) >= 11 is 0. The molecule has 0 saturated carbocycles. The maximum Gasteiger partial charge on any atom is 0.273 e. The molecule has 0 aromatic carbocycles. The van der Waals surface area contributed by atoms with Crippen molar-refractivity contribution in [1.82, 2.24) is 15.2 Å². The number of aromatic nitrogens is 1. The highest BCUT2D eigenvalue weighted by Gasteiger charge is 2.22. The van der Waals surface area contributed by atoms with Gasteiger partial charge in [-0.3, -0.25) is 9.59 Å². The Kier molecular flexibility index (Phi) is 8.50. The third-order valence-electron chi connectivity index (χ3n) is 4.27. The Morgan fingerprint density at radius 3 is 2.54 bits per heavy atom. The molecule has 2 amide bonds. The highest BCUT2D eigenvalue weighted by Crippen LogP contribution is 2.14. The molecule has 1 heterocycles. The van der Waals surface area contributed by atoms with Crippen LogP contribution in [0.4, 0.5) is 0 Å². The summed E-state index contributed by atoms with van der Waals surface area (Å²) in [5.74, 6) is 0.260. The smallest absolute Gasteiger partial charge is 0.273 e. The first-order valence-electron chi connectivity index (χ1n) is 8.97. The fourth-order valence-electron chi connectivity index (χ4n) is 2.22. The molecular formula is C18H31N3O3. The van der Waals surface area contributed by atoms with Crippen molar-refractivity contribution in [2.75, 3.05) is 0 Å². The van der Waals surface area contributed by atoms with E-state index in [2.05, 4.69) is 17.2 Å². The van der Waals surface area contributed by atoms with Crippen LogP contribution in [0.3, 0.4) is 0 Å². The summed E-state index contributed by atoms with van der Waals surface area (Å²) in [5.41, 5.74) is 0.260. The molecule has 0 aliphatic carbocycles. The average molecular weight is 337 g/mol. The van der Waals surface area contributed by atoms with Crippen LogP contribution in [0.2, 0.25) is 0 Å². The predicted molar refractivity (Wildman–Crippen MR) is 93.6 cm³/mol. The molecule has 1 N–H and O–H groups in total. The summed E-state index contributed by atoms with van der Waals surface area (Å²) in [4.78, 5) is 30.5. The third-order valence-corrected chi connectivity index (χ3v) is 4.27. The van der Waals surface area contributed by atoms with Crippen molar-refractivity contribution in [2.45, 2.75) is 85.4 Å². The Bertz CT molecular complexity index is 527. The fourth-order valence-corrected chi connectivity index (χ4v) is 2.22. The van der Waals surface area contributed by atoms with Crippen molar-refractivity contribution in [1.29, 1.82) is 0 Å². The van der Waals surface area contributed by atoms with Gasteiger partial charge in [0, 0.05) is 18.5 Å². The Morgan fingerprint density at radius 2 is 1.96 bits per heavy atom. The Hall–Kier alpha value is -1.85. The minimum Gasteiger partial charge on any atom is -0.446 e. The Morgan fingerprint density at radius 1 is 1.25 bits per heavy atom. The van der Waals surface area contributed by atoms with Crippen molar-refractivity contribution < 1.29 is 14.0 Å². The number of rotatable bonds is 10. The van der Waals surface area contributed by atoms with Crippen molar-refractivity contribution in [3.05, 3.63) is 17.8 Å². The number of unbranched alkanes of at least 4 members (excludes halogenated alkanes) is 1. The summed E-state index contributed by atoms with van der Waals surface area (Å²) in [5, 5.41) is 2.86. The lowest BCUT2D eigenvalue weighted by atomic mass is 10.1.